The molecule has 0 amide bonds. The second-order valence-corrected chi connectivity index (χ2v) is 5.69. The van der Waals surface area contributed by atoms with E-state index in [4.69, 9.17) is 11.6 Å². The summed E-state index contributed by atoms with van der Waals surface area (Å²) in [6.07, 6.45) is 1.81. The molecule has 0 aliphatic carbocycles. The minimum atomic E-state index is 0.231. The largest absolute Gasteiger partial charge is 0.308 e. The number of nitrogens with one attached hydrogen (secondary N) is 1. The zero-order valence-electron chi connectivity index (χ0n) is 11.0. The van der Waals surface area contributed by atoms with Gasteiger partial charge in [0.1, 0.15) is 0 Å². The third kappa shape index (κ3) is 3.96. The van der Waals surface area contributed by atoms with Gasteiger partial charge in [-0.3, -0.25) is 4.68 Å². The number of aromatic nitrogens is 3. The van der Waals surface area contributed by atoms with Crippen molar-refractivity contribution in [1.82, 2.24) is 20.3 Å². The Morgan fingerprint density at radius 2 is 2.32 bits per heavy atom. The van der Waals surface area contributed by atoms with E-state index < -0.39 is 0 Å². The molecule has 102 valence electrons. The molecule has 2 rings (SSSR count). The Bertz CT molecular complexity index is 529. The lowest BCUT2D eigenvalue weighted by Gasteiger charge is -2.17. The van der Waals surface area contributed by atoms with E-state index >= 15 is 0 Å². The molecule has 6 heteroatoms. The van der Waals surface area contributed by atoms with Crippen LogP contribution >= 0.6 is 23.4 Å². The number of hydrogen-bond acceptors (Lipinski definition) is 4. The van der Waals surface area contributed by atoms with Crippen molar-refractivity contribution in [2.24, 2.45) is 7.05 Å². The summed E-state index contributed by atoms with van der Waals surface area (Å²) in [6.45, 7) is 3.01. The zero-order valence-corrected chi connectivity index (χ0v) is 12.6. The number of benzene rings is 1. The molecular weight excluding hydrogens is 280 g/mol. The molecule has 0 bridgehead atoms. The highest BCUT2D eigenvalue weighted by molar-refractivity contribution is 7.99. The Morgan fingerprint density at radius 3 is 2.95 bits per heavy atom. The van der Waals surface area contributed by atoms with Crippen LogP contribution < -0.4 is 5.32 Å². The van der Waals surface area contributed by atoms with Crippen LogP contribution in [0.1, 0.15) is 18.7 Å². The summed E-state index contributed by atoms with van der Waals surface area (Å²) < 4.78 is 1.81. The Morgan fingerprint density at radius 1 is 1.47 bits per heavy atom. The molecule has 1 atom stereocenters. The van der Waals surface area contributed by atoms with Crippen molar-refractivity contribution in [3.8, 4) is 0 Å². The molecule has 1 N–H and O–H groups in total. The lowest BCUT2D eigenvalue weighted by Crippen LogP contribution is -2.25. The fourth-order valence-corrected chi connectivity index (χ4v) is 3.13. The van der Waals surface area contributed by atoms with E-state index in [-0.39, 0.29) is 6.04 Å². The summed E-state index contributed by atoms with van der Waals surface area (Å²) >= 11 is 7.77. The minimum Gasteiger partial charge on any atom is -0.308 e. The molecular formula is C13H17ClN4S. The molecule has 0 saturated carbocycles. The Labute approximate surface area is 122 Å². The van der Waals surface area contributed by atoms with E-state index in [0.29, 0.717) is 0 Å². The topological polar surface area (TPSA) is 42.7 Å². The van der Waals surface area contributed by atoms with E-state index in [1.807, 2.05) is 36.1 Å². The molecule has 19 heavy (non-hydrogen) atoms. The monoisotopic (exact) mass is 296 g/mol. The minimum absolute atomic E-state index is 0.231. The van der Waals surface area contributed by atoms with Gasteiger partial charge >= 0.3 is 0 Å². The van der Waals surface area contributed by atoms with Crippen LogP contribution in [0.5, 0.6) is 0 Å². The van der Waals surface area contributed by atoms with Gasteiger partial charge in [-0.25, -0.2) is 0 Å². The second kappa shape index (κ2) is 6.93. The molecule has 1 heterocycles. The molecule has 2 aromatic rings. The average Bonchev–Trinajstić information content (AvgIpc) is 2.81. The van der Waals surface area contributed by atoms with Gasteiger partial charge in [0.15, 0.2) is 0 Å². The number of thioether (sulfide) groups is 1. The van der Waals surface area contributed by atoms with E-state index in [9.17, 15) is 0 Å². The maximum atomic E-state index is 5.99. The fraction of sp³-hybridized carbons (Fsp3) is 0.385. The van der Waals surface area contributed by atoms with E-state index in [1.165, 1.54) is 4.90 Å². The quantitative estimate of drug-likeness (QED) is 0.832. The lowest BCUT2D eigenvalue weighted by molar-refractivity contribution is 0.549. The van der Waals surface area contributed by atoms with Crippen LogP contribution in [-0.4, -0.2) is 27.3 Å². The standard InChI is InChI=1S/C13H17ClN4S/c1-3-15-12(13-8-16-17-18(13)2)9-19-11-6-4-5-10(14)7-11/h4-8,12,15H,3,9H2,1-2H3. The van der Waals surface area contributed by atoms with Gasteiger partial charge in [0, 0.05) is 22.7 Å². The van der Waals surface area contributed by atoms with Gasteiger partial charge in [-0.05, 0) is 24.7 Å². The van der Waals surface area contributed by atoms with Crippen LogP contribution in [0.4, 0.5) is 0 Å². The van der Waals surface area contributed by atoms with E-state index in [2.05, 4.69) is 28.6 Å². The third-order valence-corrected chi connectivity index (χ3v) is 4.09. The molecule has 0 spiro atoms. The first kappa shape index (κ1) is 14.4. The SMILES string of the molecule is CCNC(CSc1cccc(Cl)c1)c1cnnn1C. The molecule has 1 aromatic heterocycles. The Balaban J connectivity index is 2.04. The van der Waals surface area contributed by atoms with Crippen LogP contribution in [-0.2, 0) is 7.05 Å². The van der Waals surface area contributed by atoms with Crippen molar-refractivity contribution in [1.29, 1.82) is 0 Å². The van der Waals surface area contributed by atoms with E-state index in [0.717, 1.165) is 23.0 Å². The molecule has 0 saturated heterocycles. The van der Waals surface area contributed by atoms with Crippen molar-refractivity contribution in [3.05, 3.63) is 41.2 Å². The van der Waals surface area contributed by atoms with Crippen molar-refractivity contribution >= 4 is 23.4 Å². The van der Waals surface area contributed by atoms with Crippen LogP contribution in [0.15, 0.2) is 35.4 Å². The molecule has 0 aliphatic rings. The smallest absolute Gasteiger partial charge is 0.0761 e. The van der Waals surface area contributed by atoms with Crippen LogP contribution in [0.25, 0.3) is 0 Å². The number of halogens is 1. The average molecular weight is 297 g/mol. The predicted molar refractivity (Wildman–Crippen MR) is 79.6 cm³/mol. The first-order valence-electron chi connectivity index (χ1n) is 6.17. The number of nitrogens with zero attached hydrogens (tertiary/aromatic N) is 3. The van der Waals surface area contributed by atoms with Crippen LogP contribution in [0.3, 0.4) is 0 Å². The highest BCUT2D eigenvalue weighted by Crippen LogP contribution is 2.26. The first-order chi connectivity index (χ1) is 9.20. The third-order valence-electron chi connectivity index (χ3n) is 2.77. The normalized spacial score (nSPS) is 12.6. The zero-order chi connectivity index (χ0) is 13.7. The van der Waals surface area contributed by atoms with Crippen LogP contribution in [0, 0.1) is 0 Å². The molecule has 0 fully saturated rings. The van der Waals surface area contributed by atoms with E-state index in [1.54, 1.807) is 11.8 Å². The summed E-state index contributed by atoms with van der Waals surface area (Å²) in [5.74, 6) is 0.912. The summed E-state index contributed by atoms with van der Waals surface area (Å²) in [5.41, 5.74) is 1.09. The van der Waals surface area contributed by atoms with Gasteiger partial charge < -0.3 is 5.32 Å². The fourth-order valence-electron chi connectivity index (χ4n) is 1.84. The predicted octanol–water partition coefficient (Wildman–Crippen LogP) is 2.91. The van der Waals surface area contributed by atoms with Gasteiger partial charge in [0.2, 0.25) is 0 Å². The van der Waals surface area contributed by atoms with Gasteiger partial charge in [0.05, 0.1) is 17.9 Å². The summed E-state index contributed by atoms with van der Waals surface area (Å²) in [7, 11) is 1.91. The highest BCUT2D eigenvalue weighted by Gasteiger charge is 2.15. The summed E-state index contributed by atoms with van der Waals surface area (Å²) in [4.78, 5) is 1.17. The van der Waals surface area contributed by atoms with Crippen LogP contribution in [0.2, 0.25) is 5.02 Å². The van der Waals surface area contributed by atoms with Crippen molar-refractivity contribution in [3.63, 3.8) is 0 Å². The first-order valence-corrected chi connectivity index (χ1v) is 7.53. The van der Waals surface area contributed by atoms with Gasteiger partial charge in [-0.15, -0.1) is 16.9 Å². The number of hydrogen-bond donors (Lipinski definition) is 1. The molecule has 0 radical (unpaired) electrons. The van der Waals surface area contributed by atoms with Gasteiger partial charge in [-0.2, -0.15) is 0 Å². The maximum Gasteiger partial charge on any atom is 0.0761 e. The second-order valence-electron chi connectivity index (χ2n) is 4.16. The molecule has 1 unspecified atom stereocenters. The molecule has 0 aliphatic heterocycles. The Hall–Kier alpha value is -1.04. The summed E-state index contributed by atoms with van der Waals surface area (Å²) in [5, 5.41) is 12.1. The number of rotatable bonds is 6. The molecule has 1 aromatic carbocycles. The lowest BCUT2D eigenvalue weighted by atomic mass is 10.2. The van der Waals surface area contributed by atoms with Crippen molar-refractivity contribution in [2.45, 2.75) is 17.9 Å². The summed E-state index contributed by atoms with van der Waals surface area (Å²) in [6, 6.07) is 8.14. The number of aryl methyl sites for hydroxylation is 1. The highest BCUT2D eigenvalue weighted by atomic mass is 35.5. The maximum absolute atomic E-state index is 5.99. The molecule has 4 nitrogen and oxygen atoms in total. The van der Waals surface area contributed by atoms with Gasteiger partial charge in [0.25, 0.3) is 0 Å². The van der Waals surface area contributed by atoms with Crippen molar-refractivity contribution < 1.29 is 0 Å². The Kier molecular flexibility index (Phi) is 5.24. The van der Waals surface area contributed by atoms with Crippen molar-refractivity contribution in [2.75, 3.05) is 12.3 Å². The van der Waals surface area contributed by atoms with Gasteiger partial charge in [-0.1, -0.05) is 29.8 Å².